The molecule has 11 heteroatoms. The number of carbonyl (C=O) groups is 1. The minimum absolute atomic E-state index is 0. The number of amides is 1. The minimum atomic E-state index is -4.73. The lowest BCUT2D eigenvalue weighted by molar-refractivity contribution is -0.207. The van der Waals surface area contributed by atoms with E-state index in [1.54, 1.807) is 17.0 Å². The van der Waals surface area contributed by atoms with E-state index in [1.807, 2.05) is 0 Å². The van der Waals surface area contributed by atoms with E-state index in [2.05, 4.69) is 5.32 Å². The fourth-order valence-electron chi connectivity index (χ4n) is 3.68. The van der Waals surface area contributed by atoms with Gasteiger partial charge in [-0.1, -0.05) is 17.7 Å². The average Bonchev–Trinajstić information content (AvgIpc) is 2.75. The summed E-state index contributed by atoms with van der Waals surface area (Å²) in [6.07, 6.45) is -6.82. The van der Waals surface area contributed by atoms with E-state index in [9.17, 15) is 22.4 Å². The number of nitrogens with one attached hydrogen (secondary N) is 1. The summed E-state index contributed by atoms with van der Waals surface area (Å²) in [6, 6.07) is 10.4. The van der Waals surface area contributed by atoms with E-state index in [4.69, 9.17) is 21.1 Å². The molecule has 1 aliphatic rings. The second-order valence-electron chi connectivity index (χ2n) is 7.56. The highest BCUT2D eigenvalue weighted by Gasteiger charge is 2.44. The zero-order valence-electron chi connectivity index (χ0n) is 17.7. The molecule has 0 aromatic heterocycles. The molecule has 2 aromatic rings. The zero-order valence-corrected chi connectivity index (χ0v) is 19.3. The van der Waals surface area contributed by atoms with Crippen molar-refractivity contribution in [3.8, 4) is 5.75 Å². The van der Waals surface area contributed by atoms with Crippen molar-refractivity contribution in [2.75, 3.05) is 32.1 Å². The number of carbonyl (C=O) groups excluding carboxylic acids is 1. The number of methoxy groups -OCH3 is 1. The van der Waals surface area contributed by atoms with Crippen LogP contribution < -0.4 is 10.1 Å². The fourth-order valence-corrected chi connectivity index (χ4v) is 3.80. The summed E-state index contributed by atoms with van der Waals surface area (Å²) in [5, 5.41) is 2.70. The van der Waals surface area contributed by atoms with Crippen molar-refractivity contribution >= 4 is 35.8 Å². The van der Waals surface area contributed by atoms with Crippen LogP contribution in [0.15, 0.2) is 42.5 Å². The van der Waals surface area contributed by atoms with Gasteiger partial charge in [-0.2, -0.15) is 13.2 Å². The quantitative estimate of drug-likeness (QED) is 0.465. The summed E-state index contributed by atoms with van der Waals surface area (Å²) in [5.74, 6) is -0.494. The highest BCUT2D eigenvalue weighted by atomic mass is 35.5. The number of alkyl halides is 3. The predicted molar refractivity (Wildman–Crippen MR) is 120 cm³/mol. The SMILES string of the molecule is COc1cc([C@@H]2CCCN(CC(OC(=O)Nc3ccc(Cl)cc3)C(F)(F)F)C2)ccc1F.Cl. The maximum Gasteiger partial charge on any atom is 0.426 e. The van der Waals surface area contributed by atoms with Crippen molar-refractivity contribution in [1.82, 2.24) is 4.90 Å². The van der Waals surface area contributed by atoms with Crippen LogP contribution in [-0.4, -0.2) is 50.0 Å². The molecule has 1 unspecified atom stereocenters. The first kappa shape index (κ1) is 27.0. The van der Waals surface area contributed by atoms with Gasteiger partial charge in [0.15, 0.2) is 11.6 Å². The smallest absolute Gasteiger partial charge is 0.426 e. The van der Waals surface area contributed by atoms with Crippen molar-refractivity contribution in [3.05, 3.63) is 58.9 Å². The molecule has 0 spiro atoms. The van der Waals surface area contributed by atoms with Gasteiger partial charge in [0.25, 0.3) is 0 Å². The first-order valence-corrected chi connectivity index (χ1v) is 10.4. The van der Waals surface area contributed by atoms with E-state index in [0.29, 0.717) is 24.5 Å². The Balaban J connectivity index is 0.00000385. The Morgan fingerprint density at radius 3 is 2.58 bits per heavy atom. The highest BCUT2D eigenvalue weighted by molar-refractivity contribution is 6.30. The number of rotatable bonds is 6. The molecule has 0 aliphatic carbocycles. The third-order valence-corrected chi connectivity index (χ3v) is 5.53. The van der Waals surface area contributed by atoms with Crippen LogP contribution in [-0.2, 0) is 4.74 Å². The molecule has 5 nitrogen and oxygen atoms in total. The second-order valence-corrected chi connectivity index (χ2v) is 8.00. The molecule has 2 atom stereocenters. The summed E-state index contributed by atoms with van der Waals surface area (Å²) in [4.78, 5) is 13.7. The standard InChI is InChI=1S/C22H23ClF4N2O3.ClH/c1-31-19-11-14(4-9-18(19)24)15-3-2-10-29(12-15)13-20(22(25,26)27)32-21(30)28-17-7-5-16(23)6-8-17;/h4-9,11,15,20H,2-3,10,12-13H2,1H3,(H,28,30);1H/t15-,20?;/m1./s1. The van der Waals surface area contributed by atoms with Crippen LogP contribution in [0.2, 0.25) is 5.02 Å². The average molecular weight is 511 g/mol. The van der Waals surface area contributed by atoms with Gasteiger partial charge in [0.05, 0.1) is 7.11 Å². The molecular weight excluding hydrogens is 487 g/mol. The molecule has 33 heavy (non-hydrogen) atoms. The number of hydrogen-bond donors (Lipinski definition) is 1. The Hall–Kier alpha value is -2.23. The predicted octanol–water partition coefficient (Wildman–Crippen LogP) is 6.27. The summed E-state index contributed by atoms with van der Waals surface area (Å²) in [5.41, 5.74) is 1.06. The van der Waals surface area contributed by atoms with Crippen LogP contribution >= 0.6 is 24.0 Å². The molecule has 1 N–H and O–H groups in total. The molecule has 1 amide bonds. The lowest BCUT2D eigenvalue weighted by Crippen LogP contribution is -2.47. The first-order chi connectivity index (χ1) is 15.2. The normalized spacial score (nSPS) is 17.6. The number of halogens is 6. The van der Waals surface area contributed by atoms with Crippen LogP contribution in [0.4, 0.5) is 28.0 Å². The highest BCUT2D eigenvalue weighted by Crippen LogP contribution is 2.32. The molecule has 3 rings (SSSR count). The second kappa shape index (κ2) is 11.8. The molecule has 1 aliphatic heterocycles. The van der Waals surface area contributed by atoms with Gasteiger partial charge < -0.3 is 9.47 Å². The summed E-state index contributed by atoms with van der Waals surface area (Å²) < 4.78 is 64.2. The van der Waals surface area contributed by atoms with Gasteiger partial charge in [-0.3, -0.25) is 10.2 Å². The van der Waals surface area contributed by atoms with E-state index < -0.39 is 30.7 Å². The van der Waals surface area contributed by atoms with Crippen molar-refractivity contribution < 1.29 is 31.8 Å². The summed E-state index contributed by atoms with van der Waals surface area (Å²) in [6.45, 7) is 0.263. The zero-order chi connectivity index (χ0) is 23.3. The fraction of sp³-hybridized carbons (Fsp3) is 0.409. The Bertz CT molecular complexity index is 929. The Labute approximate surface area is 200 Å². The molecule has 0 radical (unpaired) electrons. The van der Waals surface area contributed by atoms with Gasteiger partial charge in [0.1, 0.15) is 0 Å². The Morgan fingerprint density at radius 1 is 1.24 bits per heavy atom. The molecule has 1 fully saturated rings. The lowest BCUT2D eigenvalue weighted by atomic mass is 9.90. The van der Waals surface area contributed by atoms with E-state index in [0.717, 1.165) is 12.0 Å². The maximum atomic E-state index is 13.7. The van der Waals surface area contributed by atoms with E-state index >= 15 is 0 Å². The van der Waals surface area contributed by atoms with Crippen LogP contribution in [0.25, 0.3) is 0 Å². The van der Waals surface area contributed by atoms with E-state index in [-0.39, 0.29) is 29.8 Å². The summed E-state index contributed by atoms with van der Waals surface area (Å²) >= 11 is 5.76. The molecule has 0 bridgehead atoms. The van der Waals surface area contributed by atoms with Crippen molar-refractivity contribution in [1.29, 1.82) is 0 Å². The number of ether oxygens (including phenoxy) is 2. The van der Waals surface area contributed by atoms with Crippen LogP contribution in [0.3, 0.4) is 0 Å². The summed E-state index contributed by atoms with van der Waals surface area (Å²) in [7, 11) is 1.36. The molecule has 1 saturated heterocycles. The van der Waals surface area contributed by atoms with Crippen LogP contribution in [0.5, 0.6) is 5.75 Å². The molecule has 0 saturated carbocycles. The maximum absolute atomic E-state index is 13.7. The first-order valence-electron chi connectivity index (χ1n) is 10.0. The number of nitrogens with zero attached hydrogens (tertiary/aromatic N) is 1. The molecule has 1 heterocycles. The molecule has 182 valence electrons. The van der Waals surface area contributed by atoms with Gasteiger partial charge >= 0.3 is 12.3 Å². The van der Waals surface area contributed by atoms with Gasteiger partial charge in [-0.05, 0) is 67.3 Å². The molecular formula is C22H24Cl2F4N2O3. The Kier molecular flexibility index (Phi) is 9.63. The minimum Gasteiger partial charge on any atom is -0.494 e. The van der Waals surface area contributed by atoms with Crippen molar-refractivity contribution in [3.63, 3.8) is 0 Å². The van der Waals surface area contributed by atoms with Gasteiger partial charge in [0.2, 0.25) is 6.10 Å². The van der Waals surface area contributed by atoms with Crippen molar-refractivity contribution in [2.45, 2.75) is 31.0 Å². The topological polar surface area (TPSA) is 50.8 Å². The van der Waals surface area contributed by atoms with Gasteiger partial charge in [0, 0.05) is 23.8 Å². The third-order valence-electron chi connectivity index (χ3n) is 5.28. The monoisotopic (exact) mass is 510 g/mol. The Morgan fingerprint density at radius 2 is 1.94 bits per heavy atom. The largest absolute Gasteiger partial charge is 0.494 e. The third kappa shape index (κ3) is 7.65. The molecule has 2 aromatic carbocycles. The van der Waals surface area contributed by atoms with E-state index in [1.165, 1.54) is 37.4 Å². The number of anilines is 1. The van der Waals surface area contributed by atoms with Crippen molar-refractivity contribution in [2.24, 2.45) is 0 Å². The van der Waals surface area contributed by atoms with Gasteiger partial charge in [-0.25, -0.2) is 9.18 Å². The lowest BCUT2D eigenvalue weighted by Gasteiger charge is -2.35. The van der Waals surface area contributed by atoms with Crippen LogP contribution in [0.1, 0.15) is 24.3 Å². The number of benzene rings is 2. The number of likely N-dealkylation sites (tertiary alicyclic amines) is 1. The number of piperidine rings is 1. The van der Waals surface area contributed by atoms with Gasteiger partial charge in [-0.15, -0.1) is 12.4 Å². The van der Waals surface area contributed by atoms with Crippen LogP contribution in [0, 0.1) is 5.82 Å². The number of hydrogen-bond acceptors (Lipinski definition) is 4.